The molecule has 0 radical (unpaired) electrons. The summed E-state index contributed by atoms with van der Waals surface area (Å²) in [4.78, 5) is 23.8. The van der Waals surface area contributed by atoms with Crippen molar-refractivity contribution in [3.63, 3.8) is 0 Å². The van der Waals surface area contributed by atoms with Gasteiger partial charge in [-0.3, -0.25) is 9.59 Å². The van der Waals surface area contributed by atoms with Crippen LogP contribution < -0.4 is 0 Å². The maximum Gasteiger partial charge on any atom is 0.312 e. The van der Waals surface area contributed by atoms with Crippen LogP contribution in [0.5, 0.6) is 0 Å². The van der Waals surface area contributed by atoms with E-state index >= 15 is 0 Å². The average molecular weight is 236 g/mol. The van der Waals surface area contributed by atoms with E-state index in [0.29, 0.717) is 13.0 Å². The highest BCUT2D eigenvalue weighted by Crippen LogP contribution is 2.63. The number of carbonyl (C=O) groups excluding carboxylic acids is 2. The first kappa shape index (κ1) is 10.8. The number of cyclic esters (lactones) is 1. The van der Waals surface area contributed by atoms with Crippen molar-refractivity contribution in [1.29, 1.82) is 0 Å². The van der Waals surface area contributed by atoms with Gasteiger partial charge in [0, 0.05) is 5.92 Å². The maximum absolute atomic E-state index is 12.2. The lowest BCUT2D eigenvalue weighted by atomic mass is 9.73. The first-order valence-corrected chi connectivity index (χ1v) is 6.01. The minimum Gasteiger partial charge on any atom is -0.469 e. The smallest absolute Gasteiger partial charge is 0.312 e. The number of hydrogen-bond donors (Lipinski definition) is 0. The predicted molar refractivity (Wildman–Crippen MR) is 58.9 cm³/mol. The average Bonchev–Trinajstić information content (AvgIpc) is 2.88. The lowest BCUT2D eigenvalue weighted by molar-refractivity contribution is -0.157. The van der Waals surface area contributed by atoms with Gasteiger partial charge < -0.3 is 9.47 Å². The summed E-state index contributed by atoms with van der Waals surface area (Å²) in [5, 5.41) is 0. The van der Waals surface area contributed by atoms with Crippen LogP contribution in [0.15, 0.2) is 12.2 Å². The summed E-state index contributed by atoms with van der Waals surface area (Å²) < 4.78 is 10.1. The monoisotopic (exact) mass is 236 g/mol. The fraction of sp³-hybridized carbons (Fsp3) is 0.692. The van der Waals surface area contributed by atoms with Gasteiger partial charge in [0.2, 0.25) is 0 Å². The number of allylic oxidation sites excluding steroid dienone is 1. The molecule has 17 heavy (non-hydrogen) atoms. The normalized spacial score (nSPS) is 43.2. The molecule has 0 aromatic heterocycles. The summed E-state index contributed by atoms with van der Waals surface area (Å²) >= 11 is 0. The van der Waals surface area contributed by atoms with Crippen molar-refractivity contribution in [3.05, 3.63) is 12.2 Å². The molecular formula is C13H16O4. The third-order valence-electron chi connectivity index (χ3n) is 4.77. The van der Waals surface area contributed by atoms with Crippen LogP contribution in [0.4, 0.5) is 0 Å². The Morgan fingerprint density at radius 2 is 2.35 bits per heavy atom. The Morgan fingerprint density at radius 3 is 3.06 bits per heavy atom. The quantitative estimate of drug-likeness (QED) is 0.508. The summed E-state index contributed by atoms with van der Waals surface area (Å²) in [6, 6.07) is 0. The molecule has 0 spiro atoms. The Labute approximate surface area is 100.0 Å². The molecule has 0 amide bonds. The van der Waals surface area contributed by atoms with Gasteiger partial charge in [-0.15, -0.1) is 0 Å². The fourth-order valence-corrected chi connectivity index (χ4v) is 4.10. The molecule has 0 aromatic rings. The van der Waals surface area contributed by atoms with Crippen LogP contribution in [0, 0.1) is 23.2 Å². The highest BCUT2D eigenvalue weighted by molar-refractivity contribution is 5.84. The summed E-state index contributed by atoms with van der Waals surface area (Å²) in [5.74, 6) is -0.227. The van der Waals surface area contributed by atoms with Crippen molar-refractivity contribution in [2.45, 2.75) is 19.3 Å². The van der Waals surface area contributed by atoms with Gasteiger partial charge in [-0.2, -0.15) is 0 Å². The van der Waals surface area contributed by atoms with E-state index in [-0.39, 0.29) is 29.7 Å². The Bertz CT molecular complexity index is 414. The molecule has 3 fully saturated rings. The van der Waals surface area contributed by atoms with Gasteiger partial charge in [-0.1, -0.05) is 12.2 Å². The topological polar surface area (TPSA) is 52.6 Å². The van der Waals surface area contributed by atoms with Crippen LogP contribution >= 0.6 is 0 Å². The van der Waals surface area contributed by atoms with E-state index in [1.165, 1.54) is 7.11 Å². The molecule has 2 saturated carbocycles. The minimum atomic E-state index is -0.539. The number of hydrogen-bond acceptors (Lipinski definition) is 4. The van der Waals surface area contributed by atoms with E-state index in [4.69, 9.17) is 9.47 Å². The molecule has 3 aliphatic rings. The van der Waals surface area contributed by atoms with Crippen molar-refractivity contribution < 1.29 is 19.1 Å². The molecule has 1 aliphatic heterocycles. The van der Waals surface area contributed by atoms with Crippen LogP contribution in [0.1, 0.15) is 19.3 Å². The number of rotatable bonds is 1. The first-order chi connectivity index (χ1) is 8.09. The Balaban J connectivity index is 2.03. The molecule has 3 rings (SSSR count). The van der Waals surface area contributed by atoms with Gasteiger partial charge >= 0.3 is 11.9 Å². The minimum absolute atomic E-state index is 0.00769. The van der Waals surface area contributed by atoms with E-state index in [1.807, 2.05) is 0 Å². The lowest BCUT2D eigenvalue weighted by Gasteiger charge is -2.30. The summed E-state index contributed by atoms with van der Waals surface area (Å²) in [7, 11) is 1.42. The zero-order chi connectivity index (χ0) is 12.2. The Kier molecular flexibility index (Phi) is 2.12. The second-order valence-electron chi connectivity index (χ2n) is 5.44. The Hall–Kier alpha value is -1.32. The van der Waals surface area contributed by atoms with Crippen molar-refractivity contribution in [2.24, 2.45) is 23.2 Å². The predicted octanol–water partition coefficient (Wildman–Crippen LogP) is 1.30. The maximum atomic E-state index is 12.2. The van der Waals surface area contributed by atoms with E-state index in [2.05, 4.69) is 6.58 Å². The molecule has 4 heteroatoms. The second-order valence-corrected chi connectivity index (χ2v) is 5.44. The largest absolute Gasteiger partial charge is 0.469 e. The van der Waals surface area contributed by atoms with Crippen molar-refractivity contribution in [2.75, 3.05) is 13.7 Å². The van der Waals surface area contributed by atoms with E-state index in [9.17, 15) is 9.59 Å². The third-order valence-corrected chi connectivity index (χ3v) is 4.77. The zero-order valence-electron chi connectivity index (χ0n) is 9.90. The molecule has 0 bridgehead atoms. The van der Waals surface area contributed by atoms with E-state index in [0.717, 1.165) is 18.4 Å². The van der Waals surface area contributed by atoms with Crippen LogP contribution in [0.3, 0.4) is 0 Å². The van der Waals surface area contributed by atoms with Gasteiger partial charge in [0.15, 0.2) is 0 Å². The molecule has 4 atom stereocenters. The van der Waals surface area contributed by atoms with Gasteiger partial charge in [0.05, 0.1) is 25.0 Å². The van der Waals surface area contributed by atoms with Crippen molar-refractivity contribution in [3.8, 4) is 0 Å². The summed E-state index contributed by atoms with van der Waals surface area (Å²) in [5.41, 5.74) is 0.557. The highest BCUT2D eigenvalue weighted by Gasteiger charge is 2.66. The van der Waals surface area contributed by atoms with Gasteiger partial charge in [-0.05, 0) is 25.2 Å². The highest BCUT2D eigenvalue weighted by atomic mass is 16.5. The number of fused-ring (bicyclic) bond motifs is 3. The number of carbonyl (C=O) groups is 2. The van der Waals surface area contributed by atoms with Crippen molar-refractivity contribution >= 4 is 11.9 Å². The van der Waals surface area contributed by atoms with Gasteiger partial charge in [0.25, 0.3) is 0 Å². The van der Waals surface area contributed by atoms with Gasteiger partial charge in [0.1, 0.15) is 0 Å². The fourth-order valence-electron chi connectivity index (χ4n) is 4.10. The van der Waals surface area contributed by atoms with Crippen LogP contribution in [-0.2, 0) is 19.1 Å². The number of ether oxygens (including phenoxy) is 2. The zero-order valence-corrected chi connectivity index (χ0v) is 9.90. The number of methoxy groups -OCH3 is 1. The van der Waals surface area contributed by atoms with Crippen LogP contribution in [0.25, 0.3) is 0 Å². The van der Waals surface area contributed by atoms with Crippen LogP contribution in [-0.4, -0.2) is 25.7 Å². The molecule has 0 aromatic carbocycles. The van der Waals surface area contributed by atoms with E-state index in [1.54, 1.807) is 0 Å². The van der Waals surface area contributed by atoms with Crippen LogP contribution in [0.2, 0.25) is 0 Å². The Morgan fingerprint density at radius 1 is 1.59 bits per heavy atom. The molecular weight excluding hydrogens is 220 g/mol. The molecule has 4 nitrogen and oxygen atoms in total. The van der Waals surface area contributed by atoms with E-state index < -0.39 is 5.41 Å². The standard InChI is InChI=1S/C13H16O4/c1-7-3-8-4-9-10(6-17-11(9)14)13(8,5-7)12(15)16-2/h8-10H,1,3-6H2,2H3. The second kappa shape index (κ2) is 3.34. The third kappa shape index (κ3) is 1.18. The SMILES string of the molecule is C=C1CC2CC3C(=O)OCC3C2(C(=O)OC)C1. The van der Waals surface area contributed by atoms with Gasteiger partial charge in [-0.25, -0.2) is 0 Å². The molecule has 0 N–H and O–H groups in total. The molecule has 4 unspecified atom stereocenters. The summed E-state index contributed by atoms with van der Waals surface area (Å²) in [6.07, 6.45) is 2.25. The molecule has 1 saturated heterocycles. The summed E-state index contributed by atoms with van der Waals surface area (Å²) in [6.45, 7) is 4.36. The van der Waals surface area contributed by atoms with Crippen molar-refractivity contribution in [1.82, 2.24) is 0 Å². The molecule has 1 heterocycles. The first-order valence-electron chi connectivity index (χ1n) is 6.01. The number of esters is 2. The molecule has 2 aliphatic carbocycles. The molecule has 92 valence electrons. The lowest BCUT2D eigenvalue weighted by Crippen LogP contribution is -2.39.